The van der Waals surface area contributed by atoms with Gasteiger partial charge >= 0.3 is 0 Å². The van der Waals surface area contributed by atoms with Crippen molar-refractivity contribution in [3.8, 4) is 0 Å². The largest absolute Gasteiger partial charge is 0.491 e. The first kappa shape index (κ1) is 10.3. The van der Waals surface area contributed by atoms with Crippen LogP contribution in [0.2, 0.25) is 0 Å². The van der Waals surface area contributed by atoms with Gasteiger partial charge in [0.25, 0.3) is 0 Å². The van der Waals surface area contributed by atoms with Gasteiger partial charge in [-0.3, -0.25) is 4.79 Å². The number of carbonyl (C=O) groups is 1. The number of hydrogen-bond donors (Lipinski definition) is 0. The molecule has 2 nitrogen and oxygen atoms in total. The second-order valence-corrected chi connectivity index (χ2v) is 4.07. The predicted molar refractivity (Wildman–Crippen MR) is 52.4 cm³/mol. The quantitative estimate of drug-likeness (QED) is 0.671. The Labute approximate surface area is 80.0 Å². The van der Waals surface area contributed by atoms with Crippen LogP contribution in [0.5, 0.6) is 0 Å². The molecule has 0 aliphatic carbocycles. The van der Waals surface area contributed by atoms with Crippen molar-refractivity contribution in [2.24, 2.45) is 0 Å². The normalized spacial score (nSPS) is 20.3. The molecule has 0 N–H and O–H groups in total. The van der Waals surface area contributed by atoms with E-state index < -0.39 is 0 Å². The van der Waals surface area contributed by atoms with Gasteiger partial charge in [-0.25, -0.2) is 0 Å². The van der Waals surface area contributed by atoms with E-state index in [1.54, 1.807) is 0 Å². The van der Waals surface area contributed by atoms with Crippen molar-refractivity contribution in [1.82, 2.24) is 0 Å². The number of hydrogen-bond acceptors (Lipinski definition) is 2. The second-order valence-electron chi connectivity index (χ2n) is 4.07. The number of ketones is 1. The van der Waals surface area contributed by atoms with Crippen LogP contribution in [0.1, 0.15) is 47.0 Å². The van der Waals surface area contributed by atoms with E-state index in [0.717, 1.165) is 24.2 Å². The van der Waals surface area contributed by atoms with Crippen molar-refractivity contribution in [2.45, 2.75) is 52.6 Å². The van der Waals surface area contributed by atoms with E-state index >= 15 is 0 Å². The third-order valence-electron chi connectivity index (χ3n) is 2.32. The average molecular weight is 182 g/mol. The van der Waals surface area contributed by atoms with Crippen LogP contribution >= 0.6 is 0 Å². The molecule has 1 aliphatic rings. The maximum atomic E-state index is 11.5. The zero-order valence-electron chi connectivity index (χ0n) is 8.94. The molecule has 0 aromatic carbocycles. The Bertz CT molecular complexity index is 249. The smallest absolute Gasteiger partial charge is 0.162 e. The summed E-state index contributed by atoms with van der Waals surface area (Å²) in [5.41, 5.74) is 0.737. The summed E-state index contributed by atoms with van der Waals surface area (Å²) in [5, 5.41) is 0. The minimum Gasteiger partial charge on any atom is -0.491 e. The van der Waals surface area contributed by atoms with Crippen molar-refractivity contribution in [3.63, 3.8) is 0 Å². The Morgan fingerprint density at radius 2 is 2.08 bits per heavy atom. The van der Waals surface area contributed by atoms with Crippen LogP contribution in [0.15, 0.2) is 11.3 Å². The van der Waals surface area contributed by atoms with Gasteiger partial charge in [0.15, 0.2) is 5.78 Å². The molecule has 0 radical (unpaired) electrons. The summed E-state index contributed by atoms with van der Waals surface area (Å²) >= 11 is 0. The molecule has 0 saturated heterocycles. The van der Waals surface area contributed by atoms with Gasteiger partial charge in [0, 0.05) is 24.8 Å². The molecule has 0 spiro atoms. The fourth-order valence-electron chi connectivity index (χ4n) is 1.71. The summed E-state index contributed by atoms with van der Waals surface area (Å²) in [6.45, 7) is 7.98. The molecule has 0 fully saturated rings. The summed E-state index contributed by atoms with van der Waals surface area (Å²) < 4.78 is 5.69. The van der Waals surface area contributed by atoms with E-state index in [1.165, 1.54) is 0 Å². The first-order valence-electron chi connectivity index (χ1n) is 4.94. The van der Waals surface area contributed by atoms with Crippen molar-refractivity contribution >= 4 is 5.78 Å². The maximum absolute atomic E-state index is 11.5. The van der Waals surface area contributed by atoms with Gasteiger partial charge in [0.05, 0.1) is 0 Å². The molecule has 0 amide bonds. The minimum absolute atomic E-state index is 0.175. The first-order chi connectivity index (χ1) is 6.00. The summed E-state index contributed by atoms with van der Waals surface area (Å²) in [6, 6.07) is 0. The van der Waals surface area contributed by atoms with Crippen LogP contribution in [-0.2, 0) is 9.53 Å². The van der Waals surface area contributed by atoms with Crippen LogP contribution in [0.3, 0.4) is 0 Å². The summed E-state index contributed by atoms with van der Waals surface area (Å²) in [6.07, 6.45) is 2.17. The van der Waals surface area contributed by atoms with Crippen LogP contribution < -0.4 is 0 Å². The van der Waals surface area contributed by atoms with Crippen LogP contribution in [-0.4, -0.2) is 11.4 Å². The molecule has 1 heterocycles. The van der Waals surface area contributed by atoms with Crippen molar-refractivity contribution in [1.29, 1.82) is 0 Å². The highest BCUT2D eigenvalue weighted by Gasteiger charge is 2.33. The second kappa shape index (κ2) is 3.52. The van der Waals surface area contributed by atoms with Gasteiger partial charge in [-0.15, -0.1) is 0 Å². The molecule has 0 aromatic rings. The SMILES string of the molecule is CCC(=O)C1=C(CC)OC(C)(C)C1. The van der Waals surface area contributed by atoms with E-state index in [4.69, 9.17) is 4.74 Å². The summed E-state index contributed by atoms with van der Waals surface area (Å²) in [4.78, 5) is 11.5. The number of Topliss-reactive ketones (excluding diaryl/α,β-unsaturated/α-hetero) is 1. The van der Waals surface area contributed by atoms with Gasteiger partial charge in [0.2, 0.25) is 0 Å². The summed E-state index contributed by atoms with van der Waals surface area (Å²) in [5.74, 6) is 1.14. The van der Waals surface area contributed by atoms with Gasteiger partial charge in [-0.2, -0.15) is 0 Å². The van der Waals surface area contributed by atoms with E-state index in [1.807, 2.05) is 27.7 Å². The molecule has 2 heteroatoms. The zero-order valence-corrected chi connectivity index (χ0v) is 8.94. The highest BCUT2D eigenvalue weighted by Crippen LogP contribution is 2.35. The highest BCUT2D eigenvalue weighted by atomic mass is 16.5. The molecule has 0 saturated carbocycles. The van der Waals surface area contributed by atoms with Crippen molar-refractivity contribution in [2.75, 3.05) is 0 Å². The lowest BCUT2D eigenvalue weighted by molar-refractivity contribution is -0.115. The fourth-order valence-corrected chi connectivity index (χ4v) is 1.71. The first-order valence-corrected chi connectivity index (χ1v) is 4.94. The Morgan fingerprint density at radius 1 is 1.46 bits per heavy atom. The standard InChI is InChI=1S/C11H18O2/c1-5-9(12)8-7-11(3,4)13-10(8)6-2/h5-7H2,1-4H3. The Hall–Kier alpha value is -0.790. The van der Waals surface area contributed by atoms with Crippen LogP contribution in [0.4, 0.5) is 0 Å². The third kappa shape index (κ3) is 2.11. The lowest BCUT2D eigenvalue weighted by atomic mass is 9.97. The Balaban J connectivity index is 2.86. The van der Waals surface area contributed by atoms with E-state index in [2.05, 4.69) is 0 Å². The molecular formula is C11H18O2. The molecule has 0 unspecified atom stereocenters. The lowest BCUT2D eigenvalue weighted by Gasteiger charge is -2.18. The van der Waals surface area contributed by atoms with Gasteiger partial charge < -0.3 is 4.74 Å². The van der Waals surface area contributed by atoms with Gasteiger partial charge in [-0.05, 0) is 13.8 Å². The number of ether oxygens (including phenoxy) is 1. The number of carbonyl (C=O) groups excluding carboxylic acids is 1. The van der Waals surface area contributed by atoms with E-state index in [9.17, 15) is 4.79 Å². The Kier molecular flexibility index (Phi) is 2.79. The molecule has 1 aliphatic heterocycles. The van der Waals surface area contributed by atoms with Gasteiger partial charge in [-0.1, -0.05) is 13.8 Å². The van der Waals surface area contributed by atoms with Crippen LogP contribution in [0, 0.1) is 0 Å². The molecule has 74 valence electrons. The van der Waals surface area contributed by atoms with E-state index in [-0.39, 0.29) is 11.4 Å². The molecule has 13 heavy (non-hydrogen) atoms. The van der Waals surface area contributed by atoms with Crippen molar-refractivity contribution in [3.05, 3.63) is 11.3 Å². The average Bonchev–Trinajstić information content (AvgIpc) is 2.39. The topological polar surface area (TPSA) is 26.3 Å². The van der Waals surface area contributed by atoms with E-state index in [0.29, 0.717) is 6.42 Å². The number of allylic oxidation sites excluding steroid dienone is 1. The highest BCUT2D eigenvalue weighted by molar-refractivity contribution is 5.96. The number of rotatable bonds is 3. The molecule has 1 rings (SSSR count). The maximum Gasteiger partial charge on any atom is 0.162 e. The molecule has 0 bridgehead atoms. The molecule has 0 atom stereocenters. The zero-order chi connectivity index (χ0) is 10.1. The predicted octanol–water partition coefficient (Wildman–Crippen LogP) is 2.83. The van der Waals surface area contributed by atoms with Crippen LogP contribution in [0.25, 0.3) is 0 Å². The lowest BCUT2D eigenvalue weighted by Crippen LogP contribution is -2.18. The molecule has 0 aromatic heterocycles. The monoisotopic (exact) mass is 182 g/mol. The fraction of sp³-hybridized carbons (Fsp3) is 0.727. The Morgan fingerprint density at radius 3 is 2.54 bits per heavy atom. The molecular weight excluding hydrogens is 164 g/mol. The minimum atomic E-state index is -0.175. The van der Waals surface area contributed by atoms with Gasteiger partial charge in [0.1, 0.15) is 11.4 Å². The van der Waals surface area contributed by atoms with Crippen molar-refractivity contribution < 1.29 is 9.53 Å². The third-order valence-corrected chi connectivity index (χ3v) is 2.32. The summed E-state index contributed by atoms with van der Waals surface area (Å²) in [7, 11) is 0.